The van der Waals surface area contributed by atoms with E-state index in [0.717, 1.165) is 0 Å². The van der Waals surface area contributed by atoms with Gasteiger partial charge in [0.05, 0.1) is 17.5 Å². The third kappa shape index (κ3) is 5.22. The average molecular weight is 273 g/mol. The third-order valence-electron chi connectivity index (χ3n) is 2.02. The number of rotatable bonds is 6. The highest BCUT2D eigenvalue weighted by Gasteiger charge is 2.07. The van der Waals surface area contributed by atoms with E-state index in [-0.39, 0.29) is 11.9 Å². The average Bonchev–Trinajstić information content (AvgIpc) is 2.20. The zero-order valence-corrected chi connectivity index (χ0v) is 11.6. The van der Waals surface area contributed by atoms with Crippen molar-refractivity contribution in [3.8, 4) is 5.88 Å². The molecule has 0 aliphatic carbocycles. The molecule has 0 radical (unpaired) electrons. The number of nitrogen functional groups attached to an aromatic ring is 1. The smallest absolute Gasteiger partial charge is 0.239 e. The lowest BCUT2D eigenvalue weighted by Crippen LogP contribution is -2.15. The summed E-state index contributed by atoms with van der Waals surface area (Å²) in [7, 11) is -2.98. The molecule has 18 heavy (non-hydrogen) atoms. The molecule has 0 unspecified atom stereocenters. The van der Waals surface area contributed by atoms with Crippen LogP contribution in [0.3, 0.4) is 0 Å². The molecule has 0 amide bonds. The molecule has 1 heterocycles. The van der Waals surface area contributed by atoms with Crippen molar-refractivity contribution in [3.05, 3.63) is 12.1 Å². The van der Waals surface area contributed by atoms with E-state index in [9.17, 15) is 8.42 Å². The van der Waals surface area contributed by atoms with Gasteiger partial charge in [-0.2, -0.15) is 4.98 Å². The largest absolute Gasteiger partial charge is 0.473 e. The van der Waals surface area contributed by atoms with Gasteiger partial charge in [0.1, 0.15) is 15.7 Å². The minimum absolute atomic E-state index is 0.0222. The Labute approximate surface area is 107 Å². The van der Waals surface area contributed by atoms with Gasteiger partial charge in [-0.25, -0.2) is 8.42 Å². The summed E-state index contributed by atoms with van der Waals surface area (Å²) in [6.07, 6.45) is 1.17. The number of aromatic nitrogens is 1. The highest BCUT2D eigenvalue weighted by molar-refractivity contribution is 7.90. The van der Waals surface area contributed by atoms with Crippen molar-refractivity contribution in [3.63, 3.8) is 0 Å². The first-order valence-electron chi connectivity index (χ1n) is 5.62. The Hall–Kier alpha value is -1.50. The van der Waals surface area contributed by atoms with Crippen LogP contribution in [0.1, 0.15) is 13.8 Å². The van der Waals surface area contributed by atoms with Gasteiger partial charge in [-0.1, -0.05) is 0 Å². The number of pyridine rings is 1. The maximum absolute atomic E-state index is 11.0. The van der Waals surface area contributed by atoms with Crippen LogP contribution in [-0.2, 0) is 9.84 Å². The van der Waals surface area contributed by atoms with Crippen LogP contribution in [0, 0.1) is 0 Å². The Bertz CT molecular complexity index is 500. The van der Waals surface area contributed by atoms with E-state index in [4.69, 9.17) is 10.5 Å². The molecule has 0 saturated heterocycles. The Morgan fingerprint density at radius 3 is 2.67 bits per heavy atom. The summed E-state index contributed by atoms with van der Waals surface area (Å²) >= 11 is 0. The number of nitrogens with one attached hydrogen (secondary N) is 1. The molecule has 1 aromatic rings. The van der Waals surface area contributed by atoms with Crippen LogP contribution < -0.4 is 15.8 Å². The summed E-state index contributed by atoms with van der Waals surface area (Å²) in [5, 5.41) is 2.92. The number of hydrogen-bond acceptors (Lipinski definition) is 6. The van der Waals surface area contributed by atoms with Crippen LogP contribution in [-0.4, -0.2) is 38.1 Å². The van der Waals surface area contributed by atoms with E-state index in [1.54, 1.807) is 12.1 Å². The fourth-order valence-corrected chi connectivity index (χ4v) is 1.70. The summed E-state index contributed by atoms with van der Waals surface area (Å²) in [5.41, 5.74) is 6.18. The van der Waals surface area contributed by atoms with Gasteiger partial charge in [0.15, 0.2) is 0 Å². The number of nitrogens with two attached hydrogens (primary N) is 1. The van der Waals surface area contributed by atoms with Crippen LogP contribution in [0.15, 0.2) is 12.1 Å². The van der Waals surface area contributed by atoms with Gasteiger partial charge in [0.25, 0.3) is 0 Å². The Morgan fingerprint density at radius 1 is 1.44 bits per heavy atom. The quantitative estimate of drug-likeness (QED) is 0.800. The molecule has 0 aliphatic heterocycles. The lowest BCUT2D eigenvalue weighted by molar-refractivity contribution is 0.234. The van der Waals surface area contributed by atoms with Crippen molar-refractivity contribution < 1.29 is 13.2 Å². The SMILES string of the molecule is CC(C)Oc1nc(NCCS(C)(=O)=O)ccc1N. The lowest BCUT2D eigenvalue weighted by Gasteiger charge is -2.12. The number of nitrogens with zero attached hydrogens (tertiary/aromatic N) is 1. The Balaban J connectivity index is 2.67. The monoisotopic (exact) mass is 273 g/mol. The van der Waals surface area contributed by atoms with E-state index in [0.29, 0.717) is 23.9 Å². The van der Waals surface area contributed by atoms with Crippen molar-refractivity contribution in [2.45, 2.75) is 20.0 Å². The van der Waals surface area contributed by atoms with Crippen LogP contribution >= 0.6 is 0 Å². The Kier molecular flexibility index (Phi) is 4.77. The summed E-state index contributed by atoms with van der Waals surface area (Å²) < 4.78 is 27.4. The molecular weight excluding hydrogens is 254 g/mol. The van der Waals surface area contributed by atoms with Gasteiger partial charge in [0, 0.05) is 12.8 Å². The molecule has 0 fully saturated rings. The van der Waals surface area contributed by atoms with Gasteiger partial charge in [-0.15, -0.1) is 0 Å². The van der Waals surface area contributed by atoms with E-state index in [2.05, 4.69) is 10.3 Å². The summed E-state index contributed by atoms with van der Waals surface area (Å²) in [6, 6.07) is 3.36. The topological polar surface area (TPSA) is 94.3 Å². The second-order valence-corrected chi connectivity index (χ2v) is 6.57. The first-order chi connectivity index (χ1) is 8.28. The molecular formula is C11H19N3O3S. The molecule has 0 spiro atoms. The van der Waals surface area contributed by atoms with Gasteiger partial charge >= 0.3 is 0 Å². The predicted molar refractivity (Wildman–Crippen MR) is 72.6 cm³/mol. The molecule has 3 N–H and O–H groups in total. The molecule has 6 nitrogen and oxygen atoms in total. The van der Waals surface area contributed by atoms with Gasteiger partial charge in [-0.05, 0) is 26.0 Å². The van der Waals surface area contributed by atoms with Crippen LogP contribution in [0.4, 0.5) is 11.5 Å². The molecule has 102 valence electrons. The van der Waals surface area contributed by atoms with E-state index < -0.39 is 9.84 Å². The molecule has 0 aliphatic rings. The fraction of sp³-hybridized carbons (Fsp3) is 0.545. The molecule has 0 aromatic carbocycles. The number of anilines is 2. The minimum atomic E-state index is -2.98. The van der Waals surface area contributed by atoms with E-state index in [1.165, 1.54) is 6.26 Å². The van der Waals surface area contributed by atoms with Crippen LogP contribution in [0.25, 0.3) is 0 Å². The maximum Gasteiger partial charge on any atom is 0.239 e. The first-order valence-corrected chi connectivity index (χ1v) is 7.69. The molecule has 1 rings (SSSR count). The second-order valence-electron chi connectivity index (χ2n) is 4.31. The van der Waals surface area contributed by atoms with Crippen LogP contribution in [0.5, 0.6) is 5.88 Å². The molecule has 7 heteroatoms. The summed E-state index contributed by atoms with van der Waals surface area (Å²) in [5.74, 6) is 0.956. The van der Waals surface area contributed by atoms with Crippen molar-refractivity contribution in [1.82, 2.24) is 4.98 Å². The van der Waals surface area contributed by atoms with Gasteiger partial charge < -0.3 is 15.8 Å². The fourth-order valence-electron chi connectivity index (χ4n) is 1.23. The van der Waals surface area contributed by atoms with Gasteiger partial charge in [0.2, 0.25) is 5.88 Å². The maximum atomic E-state index is 11.0. The zero-order valence-electron chi connectivity index (χ0n) is 10.8. The molecule has 0 saturated carbocycles. The summed E-state index contributed by atoms with van der Waals surface area (Å²) in [4.78, 5) is 4.18. The van der Waals surface area contributed by atoms with Crippen molar-refractivity contribution >= 4 is 21.3 Å². The Morgan fingerprint density at radius 2 is 2.11 bits per heavy atom. The minimum Gasteiger partial charge on any atom is -0.473 e. The van der Waals surface area contributed by atoms with E-state index in [1.807, 2.05) is 13.8 Å². The van der Waals surface area contributed by atoms with Gasteiger partial charge in [-0.3, -0.25) is 0 Å². The standard InChI is InChI=1S/C11H19N3O3S/c1-8(2)17-11-9(12)4-5-10(14-11)13-6-7-18(3,15)16/h4-5,8H,6-7,12H2,1-3H3,(H,13,14). The predicted octanol–water partition coefficient (Wildman–Crippen LogP) is 0.907. The lowest BCUT2D eigenvalue weighted by atomic mass is 10.4. The number of ether oxygens (including phenoxy) is 1. The third-order valence-corrected chi connectivity index (χ3v) is 2.96. The highest BCUT2D eigenvalue weighted by atomic mass is 32.2. The highest BCUT2D eigenvalue weighted by Crippen LogP contribution is 2.21. The van der Waals surface area contributed by atoms with Crippen molar-refractivity contribution in [2.24, 2.45) is 0 Å². The molecule has 1 aromatic heterocycles. The van der Waals surface area contributed by atoms with E-state index >= 15 is 0 Å². The second kappa shape index (κ2) is 5.90. The van der Waals surface area contributed by atoms with Crippen molar-refractivity contribution in [2.75, 3.05) is 29.6 Å². The molecule has 0 atom stereocenters. The molecule has 0 bridgehead atoms. The first kappa shape index (κ1) is 14.6. The van der Waals surface area contributed by atoms with Crippen LogP contribution in [0.2, 0.25) is 0 Å². The number of sulfone groups is 1. The normalized spacial score (nSPS) is 11.6. The number of hydrogen-bond donors (Lipinski definition) is 2. The summed E-state index contributed by atoms with van der Waals surface area (Å²) in [6.45, 7) is 4.06. The van der Waals surface area contributed by atoms with Crippen molar-refractivity contribution in [1.29, 1.82) is 0 Å². The zero-order chi connectivity index (χ0) is 13.8.